The molecule has 0 fully saturated rings. The molecule has 0 aliphatic carbocycles. The highest BCUT2D eigenvalue weighted by Crippen LogP contribution is 2.24. The quantitative estimate of drug-likeness (QED) is 0.722. The van der Waals surface area contributed by atoms with E-state index in [9.17, 15) is 0 Å². The van der Waals surface area contributed by atoms with E-state index in [4.69, 9.17) is 4.74 Å². The standard InChI is InChI=1S/C15H23N3OS/c1-3-4-10-19-11-8-16-14(13-6-5-12-20-13)15-17-7-9-18(15)2/h5-7,9,12,14,16H,3-4,8,10-11H2,1-2H3. The van der Waals surface area contributed by atoms with Gasteiger partial charge in [-0.2, -0.15) is 0 Å². The lowest BCUT2D eigenvalue weighted by Crippen LogP contribution is -2.27. The van der Waals surface area contributed by atoms with Crippen LogP contribution in [0.1, 0.15) is 36.5 Å². The van der Waals surface area contributed by atoms with Gasteiger partial charge in [0.1, 0.15) is 11.9 Å². The van der Waals surface area contributed by atoms with Crippen LogP contribution in [0.5, 0.6) is 0 Å². The van der Waals surface area contributed by atoms with Gasteiger partial charge >= 0.3 is 0 Å². The van der Waals surface area contributed by atoms with E-state index >= 15 is 0 Å². The Labute approximate surface area is 124 Å². The summed E-state index contributed by atoms with van der Waals surface area (Å²) < 4.78 is 7.67. The molecular formula is C15H23N3OS. The predicted molar refractivity (Wildman–Crippen MR) is 83.1 cm³/mol. The third-order valence-electron chi connectivity index (χ3n) is 3.18. The van der Waals surface area contributed by atoms with Crippen LogP contribution >= 0.6 is 11.3 Å². The molecule has 0 aliphatic heterocycles. The summed E-state index contributed by atoms with van der Waals surface area (Å²) in [5.41, 5.74) is 0. The molecule has 5 heteroatoms. The number of nitrogens with one attached hydrogen (secondary N) is 1. The highest BCUT2D eigenvalue weighted by atomic mass is 32.1. The number of imidazole rings is 1. The topological polar surface area (TPSA) is 39.1 Å². The van der Waals surface area contributed by atoms with Gasteiger partial charge in [0, 0.05) is 37.5 Å². The first kappa shape index (κ1) is 15.2. The number of nitrogens with zero attached hydrogens (tertiary/aromatic N) is 2. The van der Waals surface area contributed by atoms with Gasteiger partial charge in [-0.1, -0.05) is 19.4 Å². The van der Waals surface area contributed by atoms with Crippen LogP contribution in [-0.2, 0) is 11.8 Å². The first-order valence-corrected chi connectivity index (χ1v) is 8.02. The molecule has 0 aromatic carbocycles. The summed E-state index contributed by atoms with van der Waals surface area (Å²) in [4.78, 5) is 5.75. The van der Waals surface area contributed by atoms with Gasteiger partial charge in [0.2, 0.25) is 0 Å². The summed E-state index contributed by atoms with van der Waals surface area (Å²) in [7, 11) is 2.03. The average Bonchev–Trinajstić information content (AvgIpc) is 3.10. The average molecular weight is 293 g/mol. The van der Waals surface area contributed by atoms with E-state index in [-0.39, 0.29) is 6.04 Å². The molecule has 20 heavy (non-hydrogen) atoms. The first-order chi connectivity index (χ1) is 9.83. The number of ether oxygens (including phenoxy) is 1. The Balaban J connectivity index is 1.90. The van der Waals surface area contributed by atoms with Crippen molar-refractivity contribution < 1.29 is 4.74 Å². The zero-order valence-electron chi connectivity index (χ0n) is 12.2. The van der Waals surface area contributed by atoms with E-state index in [1.807, 2.05) is 19.4 Å². The fraction of sp³-hybridized carbons (Fsp3) is 0.533. The maximum Gasteiger partial charge on any atom is 0.131 e. The second kappa shape index (κ2) is 8.19. The van der Waals surface area contributed by atoms with Crippen LogP contribution in [0.25, 0.3) is 0 Å². The normalized spacial score (nSPS) is 12.7. The Kier molecular flexibility index (Phi) is 6.24. The SMILES string of the molecule is CCCCOCCNC(c1cccs1)c1nccn1C. The summed E-state index contributed by atoms with van der Waals surface area (Å²) in [6.07, 6.45) is 6.14. The molecule has 0 saturated heterocycles. The van der Waals surface area contributed by atoms with E-state index in [1.165, 1.54) is 11.3 Å². The highest BCUT2D eigenvalue weighted by Gasteiger charge is 2.18. The summed E-state index contributed by atoms with van der Waals surface area (Å²) in [5, 5.41) is 5.65. The lowest BCUT2D eigenvalue weighted by atomic mass is 10.2. The number of unbranched alkanes of at least 4 members (excludes halogenated alkanes) is 1. The van der Waals surface area contributed by atoms with Crippen LogP contribution in [0, 0.1) is 0 Å². The molecule has 110 valence electrons. The molecule has 0 radical (unpaired) electrons. The molecule has 1 atom stereocenters. The lowest BCUT2D eigenvalue weighted by Gasteiger charge is -2.17. The number of aryl methyl sites for hydroxylation is 1. The minimum atomic E-state index is 0.143. The molecular weight excluding hydrogens is 270 g/mol. The molecule has 0 saturated carbocycles. The number of rotatable bonds is 9. The van der Waals surface area contributed by atoms with Gasteiger partial charge in [-0.25, -0.2) is 4.98 Å². The minimum absolute atomic E-state index is 0.143. The molecule has 0 spiro atoms. The van der Waals surface area contributed by atoms with E-state index in [0.29, 0.717) is 0 Å². The molecule has 1 N–H and O–H groups in total. The molecule has 1 unspecified atom stereocenters. The van der Waals surface area contributed by atoms with Crippen molar-refractivity contribution in [3.8, 4) is 0 Å². The van der Waals surface area contributed by atoms with Crippen molar-refractivity contribution in [1.82, 2.24) is 14.9 Å². The third-order valence-corrected chi connectivity index (χ3v) is 4.12. The van der Waals surface area contributed by atoms with E-state index in [1.54, 1.807) is 11.3 Å². The third kappa shape index (κ3) is 4.16. The van der Waals surface area contributed by atoms with Gasteiger partial charge in [0.25, 0.3) is 0 Å². The number of hydrogen-bond donors (Lipinski definition) is 1. The number of hydrogen-bond acceptors (Lipinski definition) is 4. The summed E-state index contributed by atoms with van der Waals surface area (Å²) >= 11 is 1.75. The van der Waals surface area contributed by atoms with Gasteiger partial charge in [0.15, 0.2) is 0 Å². The van der Waals surface area contributed by atoms with Crippen molar-refractivity contribution in [3.63, 3.8) is 0 Å². The van der Waals surface area contributed by atoms with Crippen LogP contribution in [0.3, 0.4) is 0 Å². The molecule has 2 aromatic heterocycles. The van der Waals surface area contributed by atoms with E-state index in [0.717, 1.165) is 32.0 Å². The summed E-state index contributed by atoms with van der Waals surface area (Å²) in [6, 6.07) is 4.37. The highest BCUT2D eigenvalue weighted by molar-refractivity contribution is 7.10. The van der Waals surface area contributed by atoms with E-state index in [2.05, 4.69) is 39.3 Å². The van der Waals surface area contributed by atoms with Crippen LogP contribution in [0.4, 0.5) is 0 Å². The van der Waals surface area contributed by atoms with Crippen LogP contribution < -0.4 is 5.32 Å². The molecule has 0 aliphatic rings. The summed E-state index contributed by atoms with van der Waals surface area (Å²) in [5.74, 6) is 1.04. The van der Waals surface area contributed by atoms with Gasteiger partial charge in [0.05, 0.1) is 6.61 Å². The fourth-order valence-corrected chi connectivity index (χ4v) is 2.85. The van der Waals surface area contributed by atoms with Crippen molar-refractivity contribution in [2.45, 2.75) is 25.8 Å². The number of aromatic nitrogens is 2. The Bertz CT molecular complexity index is 481. The van der Waals surface area contributed by atoms with Crippen molar-refractivity contribution in [2.24, 2.45) is 7.05 Å². The zero-order chi connectivity index (χ0) is 14.2. The maximum atomic E-state index is 5.60. The largest absolute Gasteiger partial charge is 0.380 e. The van der Waals surface area contributed by atoms with Crippen LogP contribution in [0.15, 0.2) is 29.9 Å². The molecule has 2 aromatic rings. The Hall–Kier alpha value is -1.17. The molecule has 0 amide bonds. The monoisotopic (exact) mass is 293 g/mol. The molecule has 2 heterocycles. The van der Waals surface area contributed by atoms with Crippen molar-refractivity contribution in [2.75, 3.05) is 19.8 Å². The maximum absolute atomic E-state index is 5.60. The second-order valence-electron chi connectivity index (χ2n) is 4.76. The summed E-state index contributed by atoms with van der Waals surface area (Å²) in [6.45, 7) is 4.60. The Morgan fingerprint density at radius 1 is 1.45 bits per heavy atom. The predicted octanol–water partition coefficient (Wildman–Crippen LogP) is 2.98. The zero-order valence-corrected chi connectivity index (χ0v) is 13.0. The van der Waals surface area contributed by atoms with Gasteiger partial charge in [-0.3, -0.25) is 0 Å². The van der Waals surface area contributed by atoms with Gasteiger partial charge in [-0.05, 0) is 17.9 Å². The van der Waals surface area contributed by atoms with E-state index < -0.39 is 0 Å². The van der Waals surface area contributed by atoms with Gasteiger partial charge in [-0.15, -0.1) is 11.3 Å². The van der Waals surface area contributed by atoms with Crippen molar-refractivity contribution >= 4 is 11.3 Å². The molecule has 0 bridgehead atoms. The van der Waals surface area contributed by atoms with Crippen LogP contribution in [-0.4, -0.2) is 29.3 Å². The van der Waals surface area contributed by atoms with Crippen molar-refractivity contribution in [1.29, 1.82) is 0 Å². The number of thiophene rings is 1. The van der Waals surface area contributed by atoms with Gasteiger partial charge < -0.3 is 14.6 Å². The van der Waals surface area contributed by atoms with Crippen molar-refractivity contribution in [3.05, 3.63) is 40.6 Å². The second-order valence-corrected chi connectivity index (χ2v) is 5.74. The minimum Gasteiger partial charge on any atom is -0.380 e. The Morgan fingerprint density at radius 3 is 3.00 bits per heavy atom. The smallest absolute Gasteiger partial charge is 0.131 e. The lowest BCUT2D eigenvalue weighted by molar-refractivity contribution is 0.131. The Morgan fingerprint density at radius 2 is 2.35 bits per heavy atom. The fourth-order valence-electron chi connectivity index (χ4n) is 2.05. The van der Waals surface area contributed by atoms with Crippen LogP contribution in [0.2, 0.25) is 0 Å². The molecule has 2 rings (SSSR count). The molecule has 4 nitrogen and oxygen atoms in total. The first-order valence-electron chi connectivity index (χ1n) is 7.14.